The van der Waals surface area contributed by atoms with Gasteiger partial charge in [-0.05, 0) is 37.5 Å². The van der Waals surface area contributed by atoms with Crippen LogP contribution in [-0.4, -0.2) is 0 Å². The fraction of sp³-hybridized carbons (Fsp3) is 0.882. The molecule has 0 amide bonds. The normalized spacial score (nSPS) is 22.2. The summed E-state index contributed by atoms with van der Waals surface area (Å²) in [6, 6.07) is 0. The third kappa shape index (κ3) is 4.48. The molecular formula is C17H32. The molecule has 0 saturated heterocycles. The van der Waals surface area contributed by atoms with Crippen LogP contribution in [0, 0.1) is 11.8 Å². The zero-order valence-corrected chi connectivity index (χ0v) is 12.5. The molecule has 0 aliphatic heterocycles. The molecule has 0 aromatic carbocycles. The quantitative estimate of drug-likeness (QED) is 0.352. The van der Waals surface area contributed by atoms with E-state index in [-0.39, 0.29) is 0 Å². The van der Waals surface area contributed by atoms with Crippen LogP contribution in [0.3, 0.4) is 0 Å². The molecule has 0 heterocycles. The van der Waals surface area contributed by atoms with Crippen molar-refractivity contribution in [1.29, 1.82) is 0 Å². The highest BCUT2D eigenvalue weighted by molar-refractivity contribution is 5.23. The van der Waals surface area contributed by atoms with Crippen molar-refractivity contribution in [1.82, 2.24) is 0 Å². The van der Waals surface area contributed by atoms with E-state index >= 15 is 0 Å². The number of hydrogen-bond acceptors (Lipinski definition) is 0. The van der Waals surface area contributed by atoms with Gasteiger partial charge in [0.15, 0.2) is 0 Å². The summed E-state index contributed by atoms with van der Waals surface area (Å²) >= 11 is 0. The summed E-state index contributed by atoms with van der Waals surface area (Å²) < 4.78 is 0. The average Bonchev–Trinajstić information content (AvgIpc) is 2.70. The molecule has 0 heteroatoms. The number of hydrogen-bond donors (Lipinski definition) is 0. The summed E-state index contributed by atoms with van der Waals surface area (Å²) in [6.07, 6.45) is 12.6. The fourth-order valence-electron chi connectivity index (χ4n) is 3.39. The minimum atomic E-state index is 0.858. The molecule has 1 aliphatic rings. The largest absolute Gasteiger partial charge is 0.0682 e. The second-order valence-electron chi connectivity index (χ2n) is 5.95. The van der Waals surface area contributed by atoms with Gasteiger partial charge in [0.05, 0.1) is 0 Å². The highest BCUT2D eigenvalue weighted by Crippen LogP contribution is 2.38. The van der Waals surface area contributed by atoms with E-state index in [0.29, 0.717) is 0 Å². The van der Waals surface area contributed by atoms with E-state index in [1.165, 1.54) is 57.8 Å². The van der Waals surface area contributed by atoms with Crippen molar-refractivity contribution in [2.75, 3.05) is 0 Å². The molecule has 0 aromatic heterocycles. The molecular weight excluding hydrogens is 204 g/mol. The maximum absolute atomic E-state index is 2.46. The van der Waals surface area contributed by atoms with Gasteiger partial charge in [-0.3, -0.25) is 0 Å². The maximum atomic E-state index is 2.46. The Hall–Kier alpha value is -0.260. The lowest BCUT2D eigenvalue weighted by Crippen LogP contribution is -2.01. The van der Waals surface area contributed by atoms with Crippen LogP contribution in [0.1, 0.15) is 85.5 Å². The van der Waals surface area contributed by atoms with Gasteiger partial charge < -0.3 is 0 Å². The second kappa shape index (κ2) is 7.95. The Kier molecular flexibility index (Phi) is 6.92. The summed E-state index contributed by atoms with van der Waals surface area (Å²) in [5, 5.41) is 0. The van der Waals surface area contributed by atoms with Crippen molar-refractivity contribution in [3.63, 3.8) is 0 Å². The van der Waals surface area contributed by atoms with Gasteiger partial charge >= 0.3 is 0 Å². The van der Waals surface area contributed by atoms with E-state index in [4.69, 9.17) is 0 Å². The van der Waals surface area contributed by atoms with Gasteiger partial charge in [-0.25, -0.2) is 0 Å². The third-order valence-electron chi connectivity index (χ3n) is 4.57. The highest BCUT2D eigenvalue weighted by Gasteiger charge is 2.23. The highest BCUT2D eigenvalue weighted by atomic mass is 14.3. The molecule has 0 N–H and O–H groups in total. The molecule has 1 rings (SSSR count). The summed E-state index contributed by atoms with van der Waals surface area (Å²) in [5.41, 5.74) is 3.63. The Morgan fingerprint density at radius 1 is 1.12 bits per heavy atom. The van der Waals surface area contributed by atoms with Crippen LogP contribution >= 0.6 is 0 Å². The van der Waals surface area contributed by atoms with Crippen molar-refractivity contribution < 1.29 is 0 Å². The topological polar surface area (TPSA) is 0 Å². The average molecular weight is 236 g/mol. The van der Waals surface area contributed by atoms with Crippen LogP contribution < -0.4 is 0 Å². The maximum Gasteiger partial charge on any atom is -0.0226 e. The lowest BCUT2D eigenvalue weighted by molar-refractivity contribution is 0.525. The zero-order chi connectivity index (χ0) is 12.7. The van der Waals surface area contributed by atoms with Crippen molar-refractivity contribution in [2.24, 2.45) is 11.8 Å². The molecule has 100 valence electrons. The minimum absolute atomic E-state index is 0.858. The first-order valence-electron chi connectivity index (χ1n) is 7.92. The molecule has 17 heavy (non-hydrogen) atoms. The smallest absolute Gasteiger partial charge is 0.0226 e. The van der Waals surface area contributed by atoms with Gasteiger partial charge in [0.1, 0.15) is 0 Å². The van der Waals surface area contributed by atoms with Crippen LogP contribution in [0.5, 0.6) is 0 Å². The van der Waals surface area contributed by atoms with Gasteiger partial charge in [-0.2, -0.15) is 0 Å². The van der Waals surface area contributed by atoms with Crippen molar-refractivity contribution in [3.05, 3.63) is 11.1 Å². The van der Waals surface area contributed by atoms with E-state index in [1.54, 1.807) is 5.57 Å². The number of allylic oxidation sites excluding steroid dienone is 2. The number of rotatable bonds is 8. The molecule has 0 bridgehead atoms. The van der Waals surface area contributed by atoms with Crippen LogP contribution in [-0.2, 0) is 0 Å². The monoisotopic (exact) mass is 236 g/mol. The van der Waals surface area contributed by atoms with Gasteiger partial charge in [-0.15, -0.1) is 0 Å². The second-order valence-corrected chi connectivity index (χ2v) is 5.95. The Balaban J connectivity index is 2.31. The van der Waals surface area contributed by atoms with Gasteiger partial charge in [0.25, 0.3) is 0 Å². The predicted molar refractivity (Wildman–Crippen MR) is 78.3 cm³/mol. The van der Waals surface area contributed by atoms with Gasteiger partial charge in [0, 0.05) is 0 Å². The Bertz CT molecular complexity index is 236. The minimum Gasteiger partial charge on any atom is -0.0682 e. The lowest BCUT2D eigenvalue weighted by Gasteiger charge is -2.16. The van der Waals surface area contributed by atoms with Crippen LogP contribution in [0.15, 0.2) is 11.1 Å². The van der Waals surface area contributed by atoms with Crippen molar-refractivity contribution >= 4 is 0 Å². The van der Waals surface area contributed by atoms with E-state index < -0.39 is 0 Å². The summed E-state index contributed by atoms with van der Waals surface area (Å²) in [7, 11) is 0. The molecule has 0 saturated carbocycles. The van der Waals surface area contributed by atoms with Crippen molar-refractivity contribution in [3.8, 4) is 0 Å². The molecule has 1 aliphatic carbocycles. The van der Waals surface area contributed by atoms with Gasteiger partial charge in [-0.1, -0.05) is 70.9 Å². The Morgan fingerprint density at radius 3 is 2.47 bits per heavy atom. The van der Waals surface area contributed by atoms with Gasteiger partial charge in [0.2, 0.25) is 0 Å². The SMILES string of the molecule is CCCCCCCC(C)C1=C(CC)C(C)CC1. The standard InChI is InChI=1S/C17H32/c1-5-7-8-9-10-11-14(3)17-13-12-15(4)16(17)6-2/h14-15H,5-13H2,1-4H3. The van der Waals surface area contributed by atoms with E-state index in [1.807, 2.05) is 5.57 Å². The molecule has 0 spiro atoms. The summed E-state index contributed by atoms with van der Waals surface area (Å²) in [4.78, 5) is 0. The van der Waals surface area contributed by atoms with Crippen LogP contribution in [0.25, 0.3) is 0 Å². The molecule has 0 nitrogen and oxygen atoms in total. The van der Waals surface area contributed by atoms with Crippen LogP contribution in [0.2, 0.25) is 0 Å². The van der Waals surface area contributed by atoms with Crippen molar-refractivity contribution in [2.45, 2.75) is 85.5 Å². The fourth-order valence-corrected chi connectivity index (χ4v) is 3.39. The summed E-state index contributed by atoms with van der Waals surface area (Å²) in [5.74, 6) is 1.73. The first-order chi connectivity index (χ1) is 8.20. The third-order valence-corrected chi connectivity index (χ3v) is 4.57. The predicted octanol–water partition coefficient (Wildman–Crippen LogP) is 6.12. The summed E-state index contributed by atoms with van der Waals surface area (Å²) in [6.45, 7) is 9.51. The number of unbranched alkanes of at least 4 members (excludes halogenated alkanes) is 4. The van der Waals surface area contributed by atoms with E-state index in [2.05, 4.69) is 27.7 Å². The molecule has 0 fully saturated rings. The molecule has 0 aromatic rings. The molecule has 0 radical (unpaired) electrons. The first-order valence-corrected chi connectivity index (χ1v) is 7.92. The van der Waals surface area contributed by atoms with E-state index in [0.717, 1.165) is 11.8 Å². The van der Waals surface area contributed by atoms with E-state index in [9.17, 15) is 0 Å². The molecule has 2 atom stereocenters. The Labute approximate surface area is 109 Å². The Morgan fingerprint density at radius 2 is 1.82 bits per heavy atom. The lowest BCUT2D eigenvalue weighted by atomic mass is 9.90. The van der Waals surface area contributed by atoms with Crippen LogP contribution in [0.4, 0.5) is 0 Å². The first kappa shape index (κ1) is 14.8. The molecule has 2 unspecified atom stereocenters. The zero-order valence-electron chi connectivity index (χ0n) is 12.5.